The van der Waals surface area contributed by atoms with Crippen LogP contribution in [0.5, 0.6) is 0 Å². The Balaban J connectivity index is 1.96. The lowest BCUT2D eigenvalue weighted by atomic mass is 9.74. The summed E-state index contributed by atoms with van der Waals surface area (Å²) >= 11 is 0. The molecule has 1 fully saturated rings. The van der Waals surface area contributed by atoms with Crippen LogP contribution in [0.2, 0.25) is 0 Å². The molecule has 6 heteroatoms. The number of nitrogens with zero attached hydrogens (tertiary/aromatic N) is 2. The lowest BCUT2D eigenvalue weighted by Gasteiger charge is -2.34. The van der Waals surface area contributed by atoms with Gasteiger partial charge in [0.2, 0.25) is 5.89 Å². The van der Waals surface area contributed by atoms with E-state index in [0.29, 0.717) is 44.2 Å². The number of nitrogens with one attached hydrogen (secondary N) is 1. The van der Waals surface area contributed by atoms with Crippen molar-refractivity contribution >= 4 is 0 Å². The molecule has 0 spiro atoms. The standard InChI is InChI=1S/C17H22FN3O2/c1-12(19-2)10-15-20-16(23-21-15)17(6-8-22-9-7-17)13-4-3-5-14(18)11-13/h3-5,11-12,19H,6-10H2,1-2H3. The predicted octanol–water partition coefficient (Wildman–Crippen LogP) is 2.46. The fraction of sp³-hybridized carbons (Fsp3) is 0.529. The molecular formula is C17H22FN3O2. The van der Waals surface area contributed by atoms with Crippen LogP contribution in [0.4, 0.5) is 4.39 Å². The van der Waals surface area contributed by atoms with Gasteiger partial charge in [-0.25, -0.2) is 4.39 Å². The van der Waals surface area contributed by atoms with Crippen molar-refractivity contribution in [1.82, 2.24) is 15.5 Å². The average molecular weight is 319 g/mol. The molecular weight excluding hydrogens is 297 g/mol. The number of aromatic nitrogens is 2. The predicted molar refractivity (Wildman–Crippen MR) is 83.8 cm³/mol. The summed E-state index contributed by atoms with van der Waals surface area (Å²) in [6.45, 7) is 3.26. The maximum Gasteiger partial charge on any atom is 0.237 e. The van der Waals surface area contributed by atoms with Crippen molar-refractivity contribution in [2.45, 2.75) is 37.6 Å². The van der Waals surface area contributed by atoms with E-state index in [0.717, 1.165) is 5.56 Å². The Hall–Kier alpha value is -1.79. The van der Waals surface area contributed by atoms with Crippen LogP contribution in [-0.2, 0) is 16.6 Å². The normalized spacial score (nSPS) is 18.7. The van der Waals surface area contributed by atoms with Crippen molar-refractivity contribution in [3.63, 3.8) is 0 Å². The number of likely N-dealkylation sites (N-methyl/N-ethyl adjacent to an activating group) is 1. The maximum absolute atomic E-state index is 13.7. The van der Waals surface area contributed by atoms with E-state index in [1.54, 1.807) is 12.1 Å². The van der Waals surface area contributed by atoms with Gasteiger partial charge in [0.25, 0.3) is 0 Å². The summed E-state index contributed by atoms with van der Waals surface area (Å²) in [5, 5.41) is 7.27. The molecule has 124 valence electrons. The molecule has 1 aliphatic heterocycles. The molecule has 0 bridgehead atoms. The van der Waals surface area contributed by atoms with Crippen molar-refractivity contribution in [2.24, 2.45) is 0 Å². The fourth-order valence-corrected chi connectivity index (χ4v) is 3.04. The molecule has 1 aromatic carbocycles. The lowest BCUT2D eigenvalue weighted by Crippen LogP contribution is -2.35. The van der Waals surface area contributed by atoms with Crippen LogP contribution in [0.15, 0.2) is 28.8 Å². The van der Waals surface area contributed by atoms with Crippen molar-refractivity contribution in [1.29, 1.82) is 0 Å². The van der Waals surface area contributed by atoms with Gasteiger partial charge in [-0.1, -0.05) is 17.3 Å². The van der Waals surface area contributed by atoms with Crippen molar-refractivity contribution in [3.05, 3.63) is 47.4 Å². The van der Waals surface area contributed by atoms with Crippen molar-refractivity contribution in [3.8, 4) is 0 Å². The topological polar surface area (TPSA) is 60.2 Å². The van der Waals surface area contributed by atoms with Crippen LogP contribution < -0.4 is 5.32 Å². The van der Waals surface area contributed by atoms with Crippen LogP contribution >= 0.6 is 0 Å². The smallest absolute Gasteiger partial charge is 0.237 e. The zero-order valence-corrected chi connectivity index (χ0v) is 13.5. The third kappa shape index (κ3) is 3.28. The van der Waals surface area contributed by atoms with Gasteiger partial charge in [-0.05, 0) is 44.5 Å². The second-order valence-corrected chi connectivity index (χ2v) is 6.11. The zero-order chi connectivity index (χ0) is 16.3. The minimum Gasteiger partial charge on any atom is -0.381 e. The summed E-state index contributed by atoms with van der Waals surface area (Å²) in [7, 11) is 1.90. The monoisotopic (exact) mass is 319 g/mol. The van der Waals surface area contributed by atoms with Gasteiger partial charge in [0, 0.05) is 25.7 Å². The summed E-state index contributed by atoms with van der Waals surface area (Å²) in [5.74, 6) is 0.978. The highest BCUT2D eigenvalue weighted by molar-refractivity contribution is 5.33. The first-order chi connectivity index (χ1) is 11.1. The summed E-state index contributed by atoms with van der Waals surface area (Å²) in [4.78, 5) is 4.60. The van der Waals surface area contributed by atoms with Crippen molar-refractivity contribution in [2.75, 3.05) is 20.3 Å². The van der Waals surface area contributed by atoms with Gasteiger partial charge in [-0.2, -0.15) is 4.98 Å². The first-order valence-corrected chi connectivity index (χ1v) is 7.98. The second-order valence-electron chi connectivity index (χ2n) is 6.11. The van der Waals surface area contributed by atoms with E-state index in [9.17, 15) is 4.39 Å². The Kier molecular flexibility index (Phi) is 4.73. The average Bonchev–Trinajstić information content (AvgIpc) is 3.04. The SMILES string of the molecule is CNC(C)Cc1noc(C2(c3cccc(F)c3)CCOCC2)n1. The number of rotatable bonds is 5. The molecule has 3 rings (SSSR count). The van der Waals surface area contributed by atoms with Gasteiger partial charge < -0.3 is 14.6 Å². The molecule has 1 aromatic heterocycles. The van der Waals surface area contributed by atoms with E-state index < -0.39 is 5.41 Å². The summed E-state index contributed by atoms with van der Waals surface area (Å²) in [5.41, 5.74) is 0.409. The van der Waals surface area contributed by atoms with Crippen molar-refractivity contribution < 1.29 is 13.7 Å². The summed E-state index contributed by atoms with van der Waals surface area (Å²) in [6.07, 6.45) is 2.11. The molecule has 1 unspecified atom stereocenters. The Morgan fingerprint density at radius 3 is 2.83 bits per heavy atom. The summed E-state index contributed by atoms with van der Waals surface area (Å²) in [6, 6.07) is 6.92. The highest BCUT2D eigenvalue weighted by atomic mass is 19.1. The van der Waals surface area contributed by atoms with E-state index in [1.807, 2.05) is 13.1 Å². The Labute approximate surface area is 135 Å². The van der Waals surface area contributed by atoms with E-state index in [2.05, 4.69) is 22.4 Å². The third-order valence-electron chi connectivity index (χ3n) is 4.58. The largest absolute Gasteiger partial charge is 0.381 e. The first kappa shape index (κ1) is 16.1. The minimum atomic E-state index is -0.464. The fourth-order valence-electron chi connectivity index (χ4n) is 3.04. The molecule has 1 atom stereocenters. The lowest BCUT2D eigenvalue weighted by molar-refractivity contribution is 0.0522. The molecule has 0 radical (unpaired) electrons. The molecule has 23 heavy (non-hydrogen) atoms. The third-order valence-corrected chi connectivity index (χ3v) is 4.58. The van der Waals surface area contributed by atoms with E-state index in [1.165, 1.54) is 6.07 Å². The molecule has 5 nitrogen and oxygen atoms in total. The number of hydrogen-bond donors (Lipinski definition) is 1. The van der Waals surface area contributed by atoms with Crippen LogP contribution in [0.3, 0.4) is 0 Å². The summed E-state index contributed by atoms with van der Waals surface area (Å²) < 4.78 is 24.8. The molecule has 1 N–H and O–H groups in total. The number of halogens is 1. The van der Waals surface area contributed by atoms with Crippen LogP contribution in [0.1, 0.15) is 37.0 Å². The van der Waals surface area contributed by atoms with E-state index in [-0.39, 0.29) is 11.9 Å². The first-order valence-electron chi connectivity index (χ1n) is 7.98. The number of hydrogen-bond acceptors (Lipinski definition) is 5. The highest BCUT2D eigenvalue weighted by Gasteiger charge is 2.41. The number of benzene rings is 1. The quantitative estimate of drug-likeness (QED) is 0.917. The maximum atomic E-state index is 13.7. The van der Waals surface area contributed by atoms with Gasteiger partial charge in [0.15, 0.2) is 5.82 Å². The minimum absolute atomic E-state index is 0.253. The molecule has 1 aliphatic rings. The van der Waals surface area contributed by atoms with E-state index in [4.69, 9.17) is 9.26 Å². The van der Waals surface area contributed by atoms with Gasteiger partial charge in [-0.3, -0.25) is 0 Å². The molecule has 2 aromatic rings. The van der Waals surface area contributed by atoms with Crippen LogP contribution in [0.25, 0.3) is 0 Å². The molecule has 0 aliphatic carbocycles. The van der Waals surface area contributed by atoms with Gasteiger partial charge in [0.1, 0.15) is 5.82 Å². The van der Waals surface area contributed by atoms with Crippen LogP contribution in [0, 0.1) is 5.82 Å². The Morgan fingerprint density at radius 1 is 1.35 bits per heavy atom. The second kappa shape index (κ2) is 6.76. The Bertz CT molecular complexity index is 653. The highest BCUT2D eigenvalue weighted by Crippen LogP contribution is 2.40. The number of ether oxygens (including phenoxy) is 1. The van der Waals surface area contributed by atoms with E-state index >= 15 is 0 Å². The Morgan fingerprint density at radius 2 is 2.13 bits per heavy atom. The molecule has 2 heterocycles. The zero-order valence-electron chi connectivity index (χ0n) is 13.5. The van der Waals surface area contributed by atoms with Crippen LogP contribution in [-0.4, -0.2) is 36.4 Å². The van der Waals surface area contributed by atoms with Gasteiger partial charge >= 0.3 is 0 Å². The molecule has 1 saturated heterocycles. The van der Waals surface area contributed by atoms with Gasteiger partial charge in [-0.15, -0.1) is 0 Å². The van der Waals surface area contributed by atoms with Gasteiger partial charge in [0.05, 0.1) is 5.41 Å². The molecule has 0 amide bonds. The molecule has 0 saturated carbocycles.